The van der Waals surface area contributed by atoms with Crippen molar-refractivity contribution >= 4 is 21.4 Å². The molecule has 104 valence electrons. The molecule has 0 fully saturated rings. The molecule has 4 nitrogen and oxygen atoms in total. The summed E-state index contributed by atoms with van der Waals surface area (Å²) in [7, 11) is -1.85. The fraction of sp³-hybridized carbons (Fsp3) is 0.667. The Kier molecular flexibility index (Phi) is 4.59. The van der Waals surface area contributed by atoms with Crippen molar-refractivity contribution in [2.75, 3.05) is 13.6 Å². The minimum atomic E-state index is -3.42. The zero-order valence-corrected chi connectivity index (χ0v) is 13.2. The van der Waals surface area contributed by atoms with Crippen LogP contribution in [0.25, 0.3) is 0 Å². The third kappa shape index (κ3) is 3.12. The molecule has 0 aromatic carbocycles. The van der Waals surface area contributed by atoms with Crippen LogP contribution in [-0.2, 0) is 15.4 Å². The predicted molar refractivity (Wildman–Crippen MR) is 76.5 cm³/mol. The van der Waals surface area contributed by atoms with E-state index < -0.39 is 10.0 Å². The number of nitrogens with two attached hydrogens (primary N) is 1. The van der Waals surface area contributed by atoms with Crippen LogP contribution in [0.1, 0.15) is 32.6 Å². The Bertz CT molecular complexity index is 500. The second-order valence-corrected chi connectivity index (χ2v) is 8.78. The van der Waals surface area contributed by atoms with Gasteiger partial charge in [0.25, 0.3) is 10.0 Å². The molecule has 1 heterocycles. The molecule has 0 aliphatic carbocycles. The van der Waals surface area contributed by atoms with E-state index in [9.17, 15) is 8.42 Å². The van der Waals surface area contributed by atoms with Crippen LogP contribution in [0.15, 0.2) is 16.3 Å². The summed E-state index contributed by atoms with van der Waals surface area (Å²) in [6, 6.07) is 3.37. The number of nitrogens with zero attached hydrogens (tertiary/aromatic N) is 1. The Balaban J connectivity index is 3.11. The van der Waals surface area contributed by atoms with Gasteiger partial charge < -0.3 is 5.73 Å². The minimum absolute atomic E-state index is 0.0313. The molecule has 0 aliphatic rings. The van der Waals surface area contributed by atoms with Crippen molar-refractivity contribution in [1.29, 1.82) is 0 Å². The molecule has 1 rings (SSSR count). The van der Waals surface area contributed by atoms with Gasteiger partial charge >= 0.3 is 0 Å². The fourth-order valence-corrected chi connectivity index (χ4v) is 4.31. The lowest BCUT2D eigenvalue weighted by Gasteiger charge is -2.22. The first-order chi connectivity index (χ1) is 8.10. The third-order valence-electron chi connectivity index (χ3n) is 2.92. The number of hydrogen-bond acceptors (Lipinski definition) is 4. The van der Waals surface area contributed by atoms with Crippen LogP contribution in [-0.4, -0.2) is 32.4 Å². The standard InChI is InChI=1S/C12H22N2O2S2/c1-9(8-13)14(5)18(15,16)11-7-6-10(17-11)12(2,3)4/h6-7,9H,8,13H2,1-5H3. The molecule has 1 atom stereocenters. The lowest BCUT2D eigenvalue weighted by molar-refractivity contribution is 0.395. The largest absolute Gasteiger partial charge is 0.329 e. The maximum absolute atomic E-state index is 12.4. The Morgan fingerprint density at radius 3 is 2.33 bits per heavy atom. The van der Waals surface area contributed by atoms with Gasteiger partial charge in [-0.3, -0.25) is 0 Å². The second kappa shape index (κ2) is 5.28. The van der Waals surface area contributed by atoms with Gasteiger partial charge in [-0.2, -0.15) is 4.31 Å². The highest BCUT2D eigenvalue weighted by Gasteiger charge is 2.27. The van der Waals surface area contributed by atoms with E-state index in [2.05, 4.69) is 20.8 Å². The molecule has 0 bridgehead atoms. The van der Waals surface area contributed by atoms with Gasteiger partial charge in [0.15, 0.2) is 0 Å². The maximum Gasteiger partial charge on any atom is 0.252 e. The third-order valence-corrected chi connectivity index (χ3v) is 6.87. The first kappa shape index (κ1) is 15.6. The molecule has 6 heteroatoms. The molecule has 1 aromatic heterocycles. The predicted octanol–water partition coefficient (Wildman–Crippen LogP) is 2.01. The summed E-state index contributed by atoms with van der Waals surface area (Å²) in [4.78, 5) is 1.06. The van der Waals surface area contributed by atoms with E-state index in [1.807, 2.05) is 6.07 Å². The monoisotopic (exact) mass is 290 g/mol. The summed E-state index contributed by atoms with van der Waals surface area (Å²) in [6.45, 7) is 8.33. The summed E-state index contributed by atoms with van der Waals surface area (Å²) in [5.41, 5.74) is 5.49. The fourth-order valence-electron chi connectivity index (χ4n) is 1.39. The van der Waals surface area contributed by atoms with Crippen LogP contribution >= 0.6 is 11.3 Å². The molecule has 0 spiro atoms. The molecule has 2 N–H and O–H groups in total. The van der Waals surface area contributed by atoms with Gasteiger partial charge in [0, 0.05) is 24.5 Å². The SMILES string of the molecule is CC(CN)N(C)S(=O)(=O)c1ccc(C(C)(C)C)s1. The van der Waals surface area contributed by atoms with Gasteiger partial charge in [-0.05, 0) is 24.5 Å². The van der Waals surface area contributed by atoms with Gasteiger partial charge in [-0.1, -0.05) is 20.8 Å². The van der Waals surface area contributed by atoms with Gasteiger partial charge in [0.05, 0.1) is 0 Å². The lowest BCUT2D eigenvalue weighted by atomic mass is 9.95. The molecule has 0 radical (unpaired) electrons. The van der Waals surface area contributed by atoms with E-state index in [0.717, 1.165) is 4.88 Å². The molecular weight excluding hydrogens is 268 g/mol. The average Bonchev–Trinajstić information content (AvgIpc) is 2.76. The number of thiophene rings is 1. The first-order valence-electron chi connectivity index (χ1n) is 5.89. The van der Waals surface area contributed by atoms with Crippen LogP contribution < -0.4 is 5.73 Å². The molecule has 0 saturated heterocycles. The van der Waals surface area contributed by atoms with Crippen molar-refractivity contribution in [1.82, 2.24) is 4.31 Å². The molecule has 0 aliphatic heterocycles. The first-order valence-corrected chi connectivity index (χ1v) is 8.14. The number of likely N-dealkylation sites (N-methyl/N-ethyl adjacent to an activating group) is 1. The Hall–Kier alpha value is -0.430. The van der Waals surface area contributed by atoms with Crippen LogP contribution in [0.2, 0.25) is 0 Å². The van der Waals surface area contributed by atoms with E-state index in [-0.39, 0.29) is 11.5 Å². The summed E-state index contributed by atoms with van der Waals surface area (Å²) in [5, 5.41) is 0. The molecule has 0 amide bonds. The van der Waals surface area contributed by atoms with Crippen LogP contribution in [0.4, 0.5) is 0 Å². The van der Waals surface area contributed by atoms with Crippen molar-refractivity contribution in [3.05, 3.63) is 17.0 Å². The Labute approximate surface area is 114 Å². The van der Waals surface area contributed by atoms with Gasteiger partial charge in [0.1, 0.15) is 4.21 Å². The van der Waals surface area contributed by atoms with E-state index >= 15 is 0 Å². The molecular formula is C12H22N2O2S2. The average molecular weight is 290 g/mol. The van der Waals surface area contributed by atoms with Crippen LogP contribution in [0.3, 0.4) is 0 Å². The second-order valence-electron chi connectivity index (χ2n) is 5.47. The molecule has 18 heavy (non-hydrogen) atoms. The van der Waals surface area contributed by atoms with Gasteiger partial charge in [-0.15, -0.1) is 11.3 Å². The normalized spacial score (nSPS) is 15.1. The number of hydrogen-bond donors (Lipinski definition) is 1. The maximum atomic E-state index is 12.4. The van der Waals surface area contributed by atoms with Crippen LogP contribution in [0, 0.1) is 0 Å². The Morgan fingerprint density at radius 1 is 1.39 bits per heavy atom. The van der Waals surface area contributed by atoms with Crippen molar-refractivity contribution in [3.63, 3.8) is 0 Å². The Morgan fingerprint density at radius 2 is 1.94 bits per heavy atom. The summed E-state index contributed by atoms with van der Waals surface area (Å²) in [6.07, 6.45) is 0. The molecule has 1 unspecified atom stereocenters. The zero-order valence-electron chi connectivity index (χ0n) is 11.6. The highest BCUT2D eigenvalue weighted by Crippen LogP contribution is 2.33. The highest BCUT2D eigenvalue weighted by molar-refractivity contribution is 7.91. The van der Waals surface area contributed by atoms with Gasteiger partial charge in [-0.25, -0.2) is 8.42 Å². The van der Waals surface area contributed by atoms with Crippen molar-refractivity contribution in [2.45, 2.75) is 43.4 Å². The molecule has 0 saturated carbocycles. The summed E-state index contributed by atoms with van der Waals surface area (Å²) in [5.74, 6) is 0. The van der Waals surface area contributed by atoms with Crippen molar-refractivity contribution < 1.29 is 8.42 Å². The van der Waals surface area contributed by atoms with E-state index in [1.54, 1.807) is 20.0 Å². The number of rotatable bonds is 4. The van der Waals surface area contributed by atoms with Crippen molar-refractivity contribution in [2.24, 2.45) is 5.73 Å². The lowest BCUT2D eigenvalue weighted by Crippen LogP contribution is -2.39. The smallest absolute Gasteiger partial charge is 0.252 e. The van der Waals surface area contributed by atoms with Crippen molar-refractivity contribution in [3.8, 4) is 0 Å². The molecule has 1 aromatic rings. The number of sulfonamides is 1. The van der Waals surface area contributed by atoms with E-state index in [1.165, 1.54) is 15.6 Å². The summed E-state index contributed by atoms with van der Waals surface area (Å²) >= 11 is 1.33. The van der Waals surface area contributed by atoms with E-state index in [0.29, 0.717) is 10.8 Å². The van der Waals surface area contributed by atoms with E-state index in [4.69, 9.17) is 5.73 Å². The minimum Gasteiger partial charge on any atom is -0.329 e. The topological polar surface area (TPSA) is 63.4 Å². The zero-order chi connectivity index (χ0) is 14.1. The van der Waals surface area contributed by atoms with Gasteiger partial charge in [0.2, 0.25) is 0 Å². The van der Waals surface area contributed by atoms with Crippen LogP contribution in [0.5, 0.6) is 0 Å². The quantitative estimate of drug-likeness (QED) is 0.922. The highest BCUT2D eigenvalue weighted by atomic mass is 32.2. The summed E-state index contributed by atoms with van der Waals surface area (Å²) < 4.78 is 26.4.